The van der Waals surface area contributed by atoms with E-state index >= 15 is 0 Å². The predicted octanol–water partition coefficient (Wildman–Crippen LogP) is 3.36. The van der Waals surface area contributed by atoms with Gasteiger partial charge in [-0.3, -0.25) is 0 Å². The zero-order valence-corrected chi connectivity index (χ0v) is 12.4. The molecule has 2 heteroatoms. The highest BCUT2D eigenvalue weighted by Crippen LogP contribution is 2.31. The first kappa shape index (κ1) is 14.5. The van der Waals surface area contributed by atoms with Crippen molar-refractivity contribution in [3.05, 3.63) is 34.9 Å². The van der Waals surface area contributed by atoms with E-state index in [1.165, 1.54) is 36.0 Å². The molecule has 0 aromatic heterocycles. The summed E-state index contributed by atoms with van der Waals surface area (Å²) < 4.78 is 0. The summed E-state index contributed by atoms with van der Waals surface area (Å²) in [6, 6.07) is 7.06. The molecule has 1 aliphatic carbocycles. The van der Waals surface area contributed by atoms with Crippen molar-refractivity contribution in [2.24, 2.45) is 11.8 Å². The lowest BCUT2D eigenvalue weighted by molar-refractivity contribution is 0.190. The Morgan fingerprint density at radius 2 is 2.00 bits per heavy atom. The van der Waals surface area contributed by atoms with Crippen molar-refractivity contribution in [2.75, 3.05) is 13.2 Å². The minimum Gasteiger partial charge on any atom is -0.396 e. The third-order valence-electron chi connectivity index (χ3n) is 4.63. The standard InChI is InChI=1S/C17H27NO/c1-12-7-8-17(13(2)9-12)14(3)18-10-15-5-4-6-16(15)11-19/h7-9,14-16,18-19H,4-6,10-11H2,1-3H3. The summed E-state index contributed by atoms with van der Waals surface area (Å²) in [6.07, 6.45) is 3.73. The fourth-order valence-electron chi connectivity index (χ4n) is 3.37. The highest BCUT2D eigenvalue weighted by Gasteiger charge is 2.26. The number of aliphatic hydroxyl groups is 1. The van der Waals surface area contributed by atoms with Crippen LogP contribution in [0.25, 0.3) is 0 Å². The molecule has 1 aliphatic rings. The number of aliphatic hydroxyl groups excluding tert-OH is 1. The maximum absolute atomic E-state index is 9.37. The van der Waals surface area contributed by atoms with Crippen LogP contribution in [-0.2, 0) is 0 Å². The van der Waals surface area contributed by atoms with Gasteiger partial charge in [-0.1, -0.05) is 30.2 Å². The van der Waals surface area contributed by atoms with Crippen molar-refractivity contribution >= 4 is 0 Å². The minimum atomic E-state index is 0.351. The van der Waals surface area contributed by atoms with Gasteiger partial charge in [0.05, 0.1) is 0 Å². The van der Waals surface area contributed by atoms with E-state index in [2.05, 4.69) is 44.3 Å². The van der Waals surface area contributed by atoms with Crippen molar-refractivity contribution in [3.8, 4) is 0 Å². The Morgan fingerprint density at radius 3 is 2.68 bits per heavy atom. The van der Waals surface area contributed by atoms with Crippen LogP contribution in [0.4, 0.5) is 0 Å². The van der Waals surface area contributed by atoms with Crippen LogP contribution in [0, 0.1) is 25.7 Å². The van der Waals surface area contributed by atoms with Crippen LogP contribution in [0.2, 0.25) is 0 Å². The van der Waals surface area contributed by atoms with Crippen molar-refractivity contribution in [3.63, 3.8) is 0 Å². The van der Waals surface area contributed by atoms with Gasteiger partial charge in [0, 0.05) is 12.6 Å². The van der Waals surface area contributed by atoms with E-state index in [0.29, 0.717) is 24.5 Å². The first-order valence-electron chi connectivity index (χ1n) is 7.53. The molecule has 0 heterocycles. The van der Waals surface area contributed by atoms with E-state index in [1.807, 2.05) is 0 Å². The summed E-state index contributed by atoms with van der Waals surface area (Å²) in [4.78, 5) is 0. The Bertz CT molecular complexity index is 416. The molecule has 2 nitrogen and oxygen atoms in total. The number of rotatable bonds is 5. The highest BCUT2D eigenvalue weighted by molar-refractivity contribution is 5.32. The van der Waals surface area contributed by atoms with E-state index in [1.54, 1.807) is 0 Å². The van der Waals surface area contributed by atoms with E-state index in [9.17, 15) is 5.11 Å². The summed E-state index contributed by atoms with van der Waals surface area (Å²) in [7, 11) is 0. The smallest absolute Gasteiger partial charge is 0.0462 e. The lowest BCUT2D eigenvalue weighted by Crippen LogP contribution is -2.29. The van der Waals surface area contributed by atoms with Gasteiger partial charge < -0.3 is 10.4 Å². The first-order valence-corrected chi connectivity index (χ1v) is 7.53. The van der Waals surface area contributed by atoms with E-state index in [0.717, 1.165) is 6.54 Å². The van der Waals surface area contributed by atoms with Gasteiger partial charge in [0.1, 0.15) is 0 Å². The van der Waals surface area contributed by atoms with Gasteiger partial charge in [0.25, 0.3) is 0 Å². The van der Waals surface area contributed by atoms with E-state index in [4.69, 9.17) is 0 Å². The van der Waals surface area contributed by atoms with Gasteiger partial charge >= 0.3 is 0 Å². The van der Waals surface area contributed by atoms with Crippen LogP contribution in [0.15, 0.2) is 18.2 Å². The zero-order valence-electron chi connectivity index (χ0n) is 12.4. The van der Waals surface area contributed by atoms with Crippen molar-refractivity contribution < 1.29 is 5.11 Å². The van der Waals surface area contributed by atoms with Crippen molar-refractivity contribution in [1.82, 2.24) is 5.32 Å². The van der Waals surface area contributed by atoms with Crippen LogP contribution in [0.1, 0.15) is 48.9 Å². The molecule has 1 saturated carbocycles. The van der Waals surface area contributed by atoms with Gasteiger partial charge in [0.2, 0.25) is 0 Å². The summed E-state index contributed by atoms with van der Waals surface area (Å²) in [5.74, 6) is 1.16. The molecular formula is C17H27NO. The molecular weight excluding hydrogens is 234 g/mol. The summed E-state index contributed by atoms with van der Waals surface area (Å²) in [5.41, 5.74) is 4.08. The van der Waals surface area contributed by atoms with E-state index < -0.39 is 0 Å². The molecule has 0 aliphatic heterocycles. The molecule has 1 fully saturated rings. The summed E-state index contributed by atoms with van der Waals surface area (Å²) in [5, 5.41) is 13.0. The normalized spacial score (nSPS) is 24.6. The maximum atomic E-state index is 9.37. The van der Waals surface area contributed by atoms with Crippen LogP contribution in [0.5, 0.6) is 0 Å². The van der Waals surface area contributed by atoms with Gasteiger partial charge in [0.15, 0.2) is 0 Å². The van der Waals surface area contributed by atoms with Crippen LogP contribution in [0.3, 0.4) is 0 Å². The molecule has 106 valence electrons. The topological polar surface area (TPSA) is 32.3 Å². The Kier molecular flexibility index (Phi) is 5.00. The maximum Gasteiger partial charge on any atom is 0.0462 e. The van der Waals surface area contributed by atoms with Gasteiger partial charge in [-0.05, 0) is 63.1 Å². The minimum absolute atomic E-state index is 0.351. The number of nitrogens with one attached hydrogen (secondary N) is 1. The molecule has 1 aromatic carbocycles. The monoisotopic (exact) mass is 261 g/mol. The molecule has 0 bridgehead atoms. The molecule has 1 aromatic rings. The number of aryl methyl sites for hydroxylation is 2. The molecule has 0 amide bonds. The number of hydrogen-bond donors (Lipinski definition) is 2. The fraction of sp³-hybridized carbons (Fsp3) is 0.647. The number of benzene rings is 1. The van der Waals surface area contributed by atoms with Gasteiger partial charge in [-0.15, -0.1) is 0 Å². The summed E-state index contributed by atoms with van der Waals surface area (Å²) in [6.45, 7) is 7.94. The van der Waals surface area contributed by atoms with Crippen molar-refractivity contribution in [1.29, 1.82) is 0 Å². The second kappa shape index (κ2) is 6.53. The SMILES string of the molecule is Cc1ccc(C(C)NCC2CCCC2CO)c(C)c1. The fourth-order valence-corrected chi connectivity index (χ4v) is 3.37. The van der Waals surface area contributed by atoms with Gasteiger partial charge in [-0.25, -0.2) is 0 Å². The van der Waals surface area contributed by atoms with E-state index in [-0.39, 0.29) is 0 Å². The lowest BCUT2D eigenvalue weighted by atomic mass is 9.95. The predicted molar refractivity (Wildman–Crippen MR) is 80.3 cm³/mol. The quantitative estimate of drug-likeness (QED) is 0.852. The molecule has 3 unspecified atom stereocenters. The molecule has 0 radical (unpaired) electrons. The largest absolute Gasteiger partial charge is 0.396 e. The molecule has 0 saturated heterocycles. The molecule has 19 heavy (non-hydrogen) atoms. The molecule has 3 atom stereocenters. The Morgan fingerprint density at radius 1 is 1.26 bits per heavy atom. The third-order valence-corrected chi connectivity index (χ3v) is 4.63. The summed E-state index contributed by atoms with van der Waals surface area (Å²) >= 11 is 0. The second-order valence-corrected chi connectivity index (χ2v) is 6.12. The molecule has 2 N–H and O–H groups in total. The lowest BCUT2D eigenvalue weighted by Gasteiger charge is -2.22. The third kappa shape index (κ3) is 3.58. The molecule has 0 spiro atoms. The van der Waals surface area contributed by atoms with Crippen LogP contribution in [-0.4, -0.2) is 18.3 Å². The second-order valence-electron chi connectivity index (χ2n) is 6.12. The Balaban J connectivity index is 1.92. The number of hydrogen-bond acceptors (Lipinski definition) is 2. The Hall–Kier alpha value is -0.860. The highest BCUT2D eigenvalue weighted by atomic mass is 16.3. The Labute approximate surface area is 117 Å². The van der Waals surface area contributed by atoms with Gasteiger partial charge in [-0.2, -0.15) is 0 Å². The van der Waals surface area contributed by atoms with Crippen LogP contribution >= 0.6 is 0 Å². The van der Waals surface area contributed by atoms with Crippen molar-refractivity contribution in [2.45, 2.75) is 46.1 Å². The zero-order chi connectivity index (χ0) is 13.8. The average molecular weight is 261 g/mol. The van der Waals surface area contributed by atoms with Crippen LogP contribution < -0.4 is 5.32 Å². The average Bonchev–Trinajstić information content (AvgIpc) is 2.83. The molecule has 2 rings (SSSR count). The first-order chi connectivity index (χ1) is 9.11.